The number of carbonyl (C=O) groups excluding carboxylic acids is 1. The Hall–Kier alpha value is -3.65. The standard InChI is InChI=1S/C25H24N2O5S/c1-18-12-14-19(15-13-18)25(28)32-21(17-31-20-8-4-3-5-9-20)16-27(2)24-22-10-6-7-11-23(22)33(29,30)26-24/h3-15,21H,16-17H2,1-2H3/t21-/m0/s1. The summed E-state index contributed by atoms with van der Waals surface area (Å²) < 4.78 is 40.4. The fourth-order valence-corrected chi connectivity index (χ4v) is 4.75. The molecule has 0 saturated heterocycles. The van der Waals surface area contributed by atoms with Gasteiger partial charge in [-0.3, -0.25) is 0 Å². The molecule has 8 heteroatoms. The molecule has 0 N–H and O–H groups in total. The molecule has 0 spiro atoms. The summed E-state index contributed by atoms with van der Waals surface area (Å²) >= 11 is 0. The monoisotopic (exact) mass is 464 g/mol. The molecule has 0 aromatic heterocycles. The van der Waals surface area contributed by atoms with Crippen LogP contribution in [0, 0.1) is 6.92 Å². The van der Waals surface area contributed by atoms with Gasteiger partial charge in [0.25, 0.3) is 10.0 Å². The summed E-state index contributed by atoms with van der Waals surface area (Å²) in [6.45, 7) is 2.22. The number of rotatable bonds is 7. The Labute approximate surface area is 193 Å². The van der Waals surface area contributed by atoms with Crippen LogP contribution in [0.5, 0.6) is 5.75 Å². The lowest BCUT2D eigenvalue weighted by molar-refractivity contribution is 0.0130. The quantitative estimate of drug-likeness (QED) is 0.496. The van der Waals surface area contributed by atoms with E-state index in [1.54, 1.807) is 42.3 Å². The van der Waals surface area contributed by atoms with Crippen LogP contribution in [0.1, 0.15) is 21.5 Å². The molecular weight excluding hydrogens is 440 g/mol. The van der Waals surface area contributed by atoms with Gasteiger partial charge in [-0.1, -0.05) is 48.0 Å². The zero-order valence-electron chi connectivity index (χ0n) is 18.3. The highest BCUT2D eigenvalue weighted by molar-refractivity contribution is 7.90. The van der Waals surface area contributed by atoms with Gasteiger partial charge in [0.2, 0.25) is 0 Å². The molecule has 7 nitrogen and oxygen atoms in total. The zero-order chi connectivity index (χ0) is 23.4. The fourth-order valence-electron chi connectivity index (χ4n) is 3.49. The molecule has 4 rings (SSSR count). The normalized spacial score (nSPS) is 14.7. The van der Waals surface area contributed by atoms with E-state index in [0.717, 1.165) is 5.56 Å². The summed E-state index contributed by atoms with van der Waals surface area (Å²) in [5, 5.41) is 0. The zero-order valence-corrected chi connectivity index (χ0v) is 19.2. The minimum atomic E-state index is -3.75. The van der Waals surface area contributed by atoms with E-state index in [0.29, 0.717) is 22.7 Å². The van der Waals surface area contributed by atoms with E-state index in [1.807, 2.05) is 49.4 Å². The first kappa shape index (κ1) is 22.5. The third kappa shape index (κ3) is 5.23. The third-order valence-corrected chi connectivity index (χ3v) is 6.52. The highest BCUT2D eigenvalue weighted by Gasteiger charge is 2.31. The van der Waals surface area contributed by atoms with Crippen molar-refractivity contribution in [3.8, 4) is 5.75 Å². The Kier molecular flexibility index (Phi) is 6.46. The van der Waals surface area contributed by atoms with Gasteiger partial charge >= 0.3 is 5.97 Å². The number of esters is 1. The van der Waals surface area contributed by atoms with Gasteiger partial charge in [0, 0.05) is 12.6 Å². The molecule has 0 aliphatic carbocycles. The number of carbonyl (C=O) groups is 1. The molecule has 1 aliphatic heterocycles. The second-order valence-electron chi connectivity index (χ2n) is 7.78. The lowest BCUT2D eigenvalue weighted by Gasteiger charge is -2.26. The van der Waals surface area contributed by atoms with Crippen LogP contribution in [0.3, 0.4) is 0 Å². The first-order chi connectivity index (χ1) is 15.8. The number of hydrogen-bond donors (Lipinski definition) is 0. The average molecular weight is 465 g/mol. The van der Waals surface area contributed by atoms with Crippen molar-refractivity contribution < 1.29 is 22.7 Å². The molecule has 1 heterocycles. The van der Waals surface area contributed by atoms with Gasteiger partial charge in [0.15, 0.2) is 11.9 Å². The van der Waals surface area contributed by atoms with Gasteiger partial charge in [-0.15, -0.1) is 4.40 Å². The lowest BCUT2D eigenvalue weighted by atomic mass is 10.1. The molecule has 0 unspecified atom stereocenters. The van der Waals surface area contributed by atoms with Gasteiger partial charge in [0.1, 0.15) is 17.3 Å². The summed E-state index contributed by atoms with van der Waals surface area (Å²) in [7, 11) is -2.04. The van der Waals surface area contributed by atoms with Crippen LogP contribution in [-0.4, -0.2) is 51.4 Å². The van der Waals surface area contributed by atoms with Gasteiger partial charge in [-0.25, -0.2) is 4.79 Å². The number of fused-ring (bicyclic) bond motifs is 1. The Morgan fingerprint density at radius 1 is 0.970 bits per heavy atom. The van der Waals surface area contributed by atoms with Crippen molar-refractivity contribution >= 4 is 21.8 Å². The topological polar surface area (TPSA) is 85.3 Å². The Balaban J connectivity index is 1.53. The second-order valence-corrected chi connectivity index (χ2v) is 9.36. The molecule has 0 saturated carbocycles. The molecule has 33 heavy (non-hydrogen) atoms. The number of aryl methyl sites for hydroxylation is 1. The number of benzene rings is 3. The van der Waals surface area contributed by atoms with Gasteiger partial charge in [-0.2, -0.15) is 8.42 Å². The molecule has 0 radical (unpaired) electrons. The van der Waals surface area contributed by atoms with Crippen molar-refractivity contribution in [2.75, 3.05) is 20.2 Å². The van der Waals surface area contributed by atoms with Crippen molar-refractivity contribution in [3.05, 3.63) is 95.6 Å². The predicted octanol–water partition coefficient (Wildman–Crippen LogP) is 3.68. The summed E-state index contributed by atoms with van der Waals surface area (Å²) in [6.07, 6.45) is -0.679. The molecule has 1 aliphatic rings. The Morgan fingerprint density at radius 2 is 1.64 bits per heavy atom. The molecular formula is C25H24N2O5S. The van der Waals surface area contributed by atoms with Crippen molar-refractivity contribution in [3.63, 3.8) is 0 Å². The van der Waals surface area contributed by atoms with E-state index in [2.05, 4.69) is 4.40 Å². The van der Waals surface area contributed by atoms with Crippen LogP contribution in [0.15, 0.2) is 88.2 Å². The summed E-state index contributed by atoms with van der Waals surface area (Å²) in [4.78, 5) is 14.6. The van der Waals surface area contributed by atoms with Crippen LogP contribution in [0.4, 0.5) is 0 Å². The molecule has 3 aromatic rings. The van der Waals surface area contributed by atoms with E-state index < -0.39 is 22.1 Å². The van der Waals surface area contributed by atoms with E-state index in [4.69, 9.17) is 9.47 Å². The summed E-state index contributed by atoms with van der Waals surface area (Å²) in [5.41, 5.74) is 1.99. The largest absolute Gasteiger partial charge is 0.490 e. The smallest absolute Gasteiger partial charge is 0.338 e. The van der Waals surface area contributed by atoms with E-state index in [9.17, 15) is 13.2 Å². The van der Waals surface area contributed by atoms with Crippen LogP contribution >= 0.6 is 0 Å². The summed E-state index contributed by atoms with van der Waals surface area (Å²) in [6, 6.07) is 23.0. The van der Waals surface area contributed by atoms with Crippen molar-refractivity contribution in [1.29, 1.82) is 0 Å². The van der Waals surface area contributed by atoms with E-state index in [1.165, 1.54) is 6.07 Å². The molecule has 0 amide bonds. The van der Waals surface area contributed by atoms with Gasteiger partial charge in [0.05, 0.1) is 12.1 Å². The number of nitrogens with zero attached hydrogens (tertiary/aromatic N) is 2. The maximum atomic E-state index is 12.8. The van der Waals surface area contributed by atoms with Gasteiger partial charge < -0.3 is 14.4 Å². The number of likely N-dealkylation sites (N-methyl/N-ethyl adjacent to an activating group) is 1. The first-order valence-corrected chi connectivity index (χ1v) is 11.9. The minimum Gasteiger partial charge on any atom is -0.490 e. The van der Waals surface area contributed by atoms with Crippen LogP contribution in [0.25, 0.3) is 0 Å². The van der Waals surface area contributed by atoms with Crippen molar-refractivity contribution in [2.45, 2.75) is 17.9 Å². The average Bonchev–Trinajstić information content (AvgIpc) is 3.10. The Bertz CT molecular complexity index is 1270. The molecule has 3 aromatic carbocycles. The van der Waals surface area contributed by atoms with E-state index in [-0.39, 0.29) is 18.0 Å². The SMILES string of the molecule is Cc1ccc(C(=O)O[C@H](COc2ccccc2)CN(C)C2=NS(=O)(=O)c3ccccc32)cc1. The number of ether oxygens (including phenoxy) is 2. The van der Waals surface area contributed by atoms with E-state index >= 15 is 0 Å². The highest BCUT2D eigenvalue weighted by atomic mass is 32.2. The highest BCUT2D eigenvalue weighted by Crippen LogP contribution is 2.27. The number of hydrogen-bond acceptors (Lipinski definition) is 6. The number of para-hydroxylation sites is 1. The number of sulfonamides is 1. The Morgan fingerprint density at radius 3 is 2.36 bits per heavy atom. The number of amidine groups is 1. The first-order valence-electron chi connectivity index (χ1n) is 10.4. The third-order valence-electron chi connectivity index (χ3n) is 5.19. The summed E-state index contributed by atoms with van der Waals surface area (Å²) in [5.74, 6) is 0.468. The molecule has 0 fully saturated rings. The maximum Gasteiger partial charge on any atom is 0.338 e. The van der Waals surface area contributed by atoms with Crippen molar-refractivity contribution in [1.82, 2.24) is 4.90 Å². The molecule has 0 bridgehead atoms. The van der Waals surface area contributed by atoms with Crippen LogP contribution < -0.4 is 4.74 Å². The van der Waals surface area contributed by atoms with Gasteiger partial charge in [-0.05, 0) is 43.3 Å². The molecule has 170 valence electrons. The van der Waals surface area contributed by atoms with Crippen LogP contribution in [-0.2, 0) is 14.8 Å². The lowest BCUT2D eigenvalue weighted by Crippen LogP contribution is -2.39. The fraction of sp³-hybridized carbons (Fsp3) is 0.200. The second kappa shape index (κ2) is 9.46. The minimum absolute atomic E-state index is 0.0909. The molecule has 1 atom stereocenters. The van der Waals surface area contributed by atoms with Crippen LogP contribution in [0.2, 0.25) is 0 Å². The predicted molar refractivity (Wildman–Crippen MR) is 125 cm³/mol. The maximum absolute atomic E-state index is 12.8. The van der Waals surface area contributed by atoms with Crippen molar-refractivity contribution in [2.24, 2.45) is 4.40 Å².